The molecule has 1 aliphatic rings. The lowest BCUT2D eigenvalue weighted by atomic mass is 9.87. The molecule has 1 fully saturated rings. The fourth-order valence-corrected chi connectivity index (χ4v) is 2.81. The van der Waals surface area contributed by atoms with E-state index in [0.29, 0.717) is 12.3 Å². The Morgan fingerprint density at radius 2 is 1.96 bits per heavy atom. The van der Waals surface area contributed by atoms with E-state index < -0.39 is 0 Å². The zero-order chi connectivity index (χ0) is 16.5. The first-order valence-corrected chi connectivity index (χ1v) is 8.41. The van der Waals surface area contributed by atoms with Crippen molar-refractivity contribution >= 4 is 11.7 Å². The fraction of sp³-hybridized carbons (Fsp3) is 0.556. The van der Waals surface area contributed by atoms with Gasteiger partial charge < -0.3 is 15.9 Å². The zero-order valence-electron chi connectivity index (χ0n) is 13.8. The van der Waals surface area contributed by atoms with Crippen LogP contribution in [0.15, 0.2) is 35.5 Å². The largest absolute Gasteiger partial charge is 0.384 e. The van der Waals surface area contributed by atoms with E-state index >= 15 is 0 Å². The van der Waals surface area contributed by atoms with E-state index in [-0.39, 0.29) is 18.6 Å². The minimum atomic E-state index is -0.121. The van der Waals surface area contributed by atoms with E-state index in [9.17, 15) is 4.79 Å². The molecule has 0 radical (unpaired) electrons. The average molecular weight is 317 g/mol. The van der Waals surface area contributed by atoms with Crippen LogP contribution in [0.4, 0.5) is 0 Å². The van der Waals surface area contributed by atoms with Crippen molar-refractivity contribution in [3.63, 3.8) is 0 Å². The molecule has 126 valence electrons. The van der Waals surface area contributed by atoms with E-state index in [1.807, 2.05) is 30.3 Å². The van der Waals surface area contributed by atoms with Crippen LogP contribution in [0.2, 0.25) is 0 Å². The second-order valence-electron chi connectivity index (χ2n) is 6.37. The van der Waals surface area contributed by atoms with Gasteiger partial charge in [-0.1, -0.05) is 42.4 Å². The van der Waals surface area contributed by atoms with E-state index in [1.54, 1.807) is 0 Å². The second kappa shape index (κ2) is 9.18. The van der Waals surface area contributed by atoms with Crippen molar-refractivity contribution in [1.82, 2.24) is 5.32 Å². The molecule has 0 spiro atoms. The number of nitrogens with one attached hydrogen (secondary N) is 1. The second-order valence-corrected chi connectivity index (χ2v) is 6.37. The summed E-state index contributed by atoms with van der Waals surface area (Å²) in [4.78, 5) is 16.9. The molecular weight excluding hydrogens is 290 g/mol. The first kappa shape index (κ1) is 17.3. The molecule has 5 nitrogen and oxygen atoms in total. The Morgan fingerprint density at radius 1 is 1.26 bits per heavy atom. The summed E-state index contributed by atoms with van der Waals surface area (Å²) < 4.78 is 0. The number of nitrogens with zero attached hydrogens (tertiary/aromatic N) is 1. The van der Waals surface area contributed by atoms with E-state index in [4.69, 9.17) is 10.6 Å². The molecule has 3 N–H and O–H groups in total. The zero-order valence-corrected chi connectivity index (χ0v) is 13.8. The molecule has 0 atom stereocenters. The van der Waals surface area contributed by atoms with Crippen molar-refractivity contribution < 1.29 is 9.63 Å². The quantitative estimate of drug-likeness (QED) is 0.461. The predicted molar refractivity (Wildman–Crippen MR) is 91.9 cm³/mol. The smallest absolute Gasteiger partial charge is 0.260 e. The van der Waals surface area contributed by atoms with Crippen LogP contribution >= 0.6 is 0 Å². The van der Waals surface area contributed by atoms with Gasteiger partial charge in [0.25, 0.3) is 5.91 Å². The number of aryl methyl sites for hydroxylation is 1. The van der Waals surface area contributed by atoms with Gasteiger partial charge >= 0.3 is 0 Å². The third-order valence-electron chi connectivity index (χ3n) is 4.27. The standard InChI is InChI=1S/C18H27N3O2/c1-14-7-10-16(11-8-14)20-18(22)13-23-21-17(19)12-9-15-5-3-2-4-6-15/h2-6,14,16H,7-13H2,1H3,(H2,19,21)(H,20,22). The molecule has 0 saturated heterocycles. The third-order valence-corrected chi connectivity index (χ3v) is 4.27. The van der Waals surface area contributed by atoms with Gasteiger partial charge in [-0.2, -0.15) is 0 Å². The molecule has 5 heteroatoms. The third kappa shape index (κ3) is 6.72. The number of benzene rings is 1. The van der Waals surface area contributed by atoms with E-state index in [0.717, 1.165) is 25.2 Å². The Bertz CT molecular complexity index is 508. The van der Waals surface area contributed by atoms with Crippen LogP contribution in [0.5, 0.6) is 0 Å². The summed E-state index contributed by atoms with van der Waals surface area (Å²) in [5, 5.41) is 6.81. The summed E-state index contributed by atoms with van der Waals surface area (Å²) in [5.74, 6) is 1.06. The Morgan fingerprint density at radius 3 is 2.65 bits per heavy atom. The molecule has 1 aliphatic carbocycles. The number of hydrogen-bond acceptors (Lipinski definition) is 3. The molecule has 23 heavy (non-hydrogen) atoms. The topological polar surface area (TPSA) is 76.7 Å². The molecule has 1 saturated carbocycles. The lowest BCUT2D eigenvalue weighted by Gasteiger charge is -2.26. The first-order valence-electron chi connectivity index (χ1n) is 8.41. The molecule has 1 aromatic rings. The van der Waals surface area contributed by atoms with Gasteiger partial charge in [0.05, 0.1) is 0 Å². The summed E-state index contributed by atoms with van der Waals surface area (Å²) >= 11 is 0. The van der Waals surface area contributed by atoms with Crippen molar-refractivity contribution in [2.45, 2.75) is 51.5 Å². The normalized spacial score (nSPS) is 21.7. The Hall–Kier alpha value is -2.04. The van der Waals surface area contributed by atoms with Gasteiger partial charge in [0.1, 0.15) is 5.84 Å². The maximum atomic E-state index is 11.8. The van der Waals surface area contributed by atoms with Crippen molar-refractivity contribution in [2.24, 2.45) is 16.8 Å². The van der Waals surface area contributed by atoms with Gasteiger partial charge in [-0.15, -0.1) is 0 Å². The lowest BCUT2D eigenvalue weighted by molar-refractivity contribution is -0.126. The number of amides is 1. The molecule has 1 aromatic carbocycles. The monoisotopic (exact) mass is 317 g/mol. The number of oxime groups is 1. The van der Waals surface area contributed by atoms with Crippen molar-refractivity contribution in [2.75, 3.05) is 6.61 Å². The van der Waals surface area contributed by atoms with Gasteiger partial charge in [-0.25, -0.2) is 0 Å². The number of rotatable bonds is 7. The Labute approximate surface area is 138 Å². The van der Waals surface area contributed by atoms with Crippen LogP contribution in [0.25, 0.3) is 0 Å². The number of nitrogens with two attached hydrogens (primary N) is 1. The van der Waals surface area contributed by atoms with Crippen molar-refractivity contribution in [3.8, 4) is 0 Å². The predicted octanol–water partition coefficient (Wildman–Crippen LogP) is 2.60. The highest BCUT2D eigenvalue weighted by atomic mass is 16.6. The number of carbonyl (C=O) groups is 1. The van der Waals surface area contributed by atoms with Crippen LogP contribution in [-0.2, 0) is 16.1 Å². The Kier molecular flexibility index (Phi) is 6.91. The minimum Gasteiger partial charge on any atom is -0.384 e. The summed E-state index contributed by atoms with van der Waals surface area (Å²) in [6, 6.07) is 10.3. The highest BCUT2D eigenvalue weighted by Crippen LogP contribution is 2.23. The van der Waals surface area contributed by atoms with Gasteiger partial charge in [0.2, 0.25) is 0 Å². The fourth-order valence-electron chi connectivity index (χ4n) is 2.81. The van der Waals surface area contributed by atoms with Crippen molar-refractivity contribution in [1.29, 1.82) is 0 Å². The van der Waals surface area contributed by atoms with Gasteiger partial charge in [0, 0.05) is 12.5 Å². The molecule has 0 heterocycles. The lowest BCUT2D eigenvalue weighted by Crippen LogP contribution is -2.39. The highest BCUT2D eigenvalue weighted by molar-refractivity contribution is 5.80. The Balaban J connectivity index is 1.62. The summed E-state index contributed by atoms with van der Waals surface area (Å²) in [6.07, 6.45) is 5.88. The maximum absolute atomic E-state index is 11.8. The summed E-state index contributed by atoms with van der Waals surface area (Å²) in [5.41, 5.74) is 7.00. The van der Waals surface area contributed by atoms with E-state index in [2.05, 4.69) is 17.4 Å². The van der Waals surface area contributed by atoms with Gasteiger partial charge in [-0.05, 0) is 43.6 Å². The van der Waals surface area contributed by atoms with Gasteiger partial charge in [-0.3, -0.25) is 4.79 Å². The molecular formula is C18H27N3O2. The van der Waals surface area contributed by atoms with E-state index in [1.165, 1.54) is 18.4 Å². The first-order chi connectivity index (χ1) is 11.1. The molecule has 2 rings (SSSR count). The molecule has 0 unspecified atom stereocenters. The van der Waals surface area contributed by atoms with Crippen LogP contribution in [0.3, 0.4) is 0 Å². The molecule has 1 amide bonds. The van der Waals surface area contributed by atoms with Crippen LogP contribution in [0, 0.1) is 5.92 Å². The number of carbonyl (C=O) groups excluding carboxylic acids is 1. The van der Waals surface area contributed by atoms with Crippen LogP contribution in [0.1, 0.15) is 44.6 Å². The molecule has 0 bridgehead atoms. The SMILES string of the molecule is CC1CCC(NC(=O)CO/N=C(\N)CCc2ccccc2)CC1. The van der Waals surface area contributed by atoms with Crippen LogP contribution in [-0.4, -0.2) is 24.4 Å². The van der Waals surface area contributed by atoms with Crippen LogP contribution < -0.4 is 11.1 Å². The van der Waals surface area contributed by atoms with Crippen molar-refractivity contribution in [3.05, 3.63) is 35.9 Å². The van der Waals surface area contributed by atoms with Gasteiger partial charge in [0.15, 0.2) is 6.61 Å². The summed E-state index contributed by atoms with van der Waals surface area (Å²) in [6.45, 7) is 2.19. The highest BCUT2D eigenvalue weighted by Gasteiger charge is 2.19. The number of hydrogen-bond donors (Lipinski definition) is 2. The molecule has 0 aromatic heterocycles. The average Bonchev–Trinajstić information content (AvgIpc) is 2.56. The summed E-state index contributed by atoms with van der Waals surface area (Å²) in [7, 11) is 0. The maximum Gasteiger partial charge on any atom is 0.260 e. The molecule has 0 aliphatic heterocycles. The number of amidine groups is 1. The minimum absolute atomic E-state index is 0.0713.